The first-order valence-electron chi connectivity index (χ1n) is 5.90. The number of rotatable bonds is 4. The molecule has 1 aliphatic carbocycles. The fraction of sp³-hybridized carbons (Fsp3) is 0.538. The van der Waals surface area contributed by atoms with Gasteiger partial charge in [-0.25, -0.2) is 0 Å². The molecular weight excluding hydrogens is 330 g/mol. The van der Waals surface area contributed by atoms with E-state index >= 15 is 0 Å². The van der Waals surface area contributed by atoms with Crippen molar-refractivity contribution in [2.45, 2.75) is 32.2 Å². The standard InChI is InChI=1S/C13H17Br2N/c1-2-16-13(9-4-3-5-9)11-8-10(14)6-7-12(11)15/h6-9,13,16H,2-5H2,1H3. The van der Waals surface area contributed by atoms with Crippen molar-refractivity contribution in [3.8, 4) is 0 Å². The third-order valence-corrected chi connectivity index (χ3v) is 4.55. The van der Waals surface area contributed by atoms with E-state index in [-0.39, 0.29) is 0 Å². The highest BCUT2D eigenvalue weighted by molar-refractivity contribution is 9.11. The van der Waals surface area contributed by atoms with Crippen LogP contribution in [-0.4, -0.2) is 6.54 Å². The first-order chi connectivity index (χ1) is 7.72. The van der Waals surface area contributed by atoms with Crippen LogP contribution in [0.3, 0.4) is 0 Å². The van der Waals surface area contributed by atoms with E-state index in [0.717, 1.165) is 16.9 Å². The average molecular weight is 347 g/mol. The number of nitrogens with one attached hydrogen (secondary N) is 1. The Bertz CT molecular complexity index is 361. The Morgan fingerprint density at radius 3 is 2.69 bits per heavy atom. The number of hydrogen-bond donors (Lipinski definition) is 1. The summed E-state index contributed by atoms with van der Waals surface area (Å²) in [4.78, 5) is 0. The molecule has 1 aromatic carbocycles. The van der Waals surface area contributed by atoms with Gasteiger partial charge in [0.15, 0.2) is 0 Å². The summed E-state index contributed by atoms with van der Waals surface area (Å²) < 4.78 is 2.38. The molecule has 2 rings (SSSR count). The van der Waals surface area contributed by atoms with E-state index in [2.05, 4.69) is 62.3 Å². The van der Waals surface area contributed by atoms with Crippen LogP contribution in [0.25, 0.3) is 0 Å². The Labute approximate surface area is 114 Å². The lowest BCUT2D eigenvalue weighted by molar-refractivity contribution is 0.232. The van der Waals surface area contributed by atoms with Gasteiger partial charge in [-0.15, -0.1) is 0 Å². The van der Waals surface area contributed by atoms with Gasteiger partial charge in [0, 0.05) is 15.0 Å². The molecule has 1 saturated carbocycles. The molecule has 1 atom stereocenters. The van der Waals surface area contributed by atoms with Gasteiger partial charge in [0.1, 0.15) is 0 Å². The maximum absolute atomic E-state index is 3.66. The van der Waals surface area contributed by atoms with Crippen LogP contribution in [-0.2, 0) is 0 Å². The Hall–Kier alpha value is 0.140. The van der Waals surface area contributed by atoms with Crippen LogP contribution < -0.4 is 5.32 Å². The van der Waals surface area contributed by atoms with Crippen LogP contribution >= 0.6 is 31.9 Å². The van der Waals surface area contributed by atoms with Crippen molar-refractivity contribution in [1.29, 1.82) is 0 Å². The van der Waals surface area contributed by atoms with Crippen LogP contribution in [0.15, 0.2) is 27.1 Å². The highest BCUT2D eigenvalue weighted by atomic mass is 79.9. The zero-order chi connectivity index (χ0) is 11.5. The van der Waals surface area contributed by atoms with E-state index in [1.54, 1.807) is 0 Å². The maximum atomic E-state index is 3.66. The Morgan fingerprint density at radius 1 is 1.38 bits per heavy atom. The minimum atomic E-state index is 0.505. The van der Waals surface area contributed by atoms with E-state index < -0.39 is 0 Å². The quantitative estimate of drug-likeness (QED) is 0.835. The Kier molecular flexibility index (Phi) is 4.45. The molecule has 0 bridgehead atoms. The summed E-state index contributed by atoms with van der Waals surface area (Å²) in [6.07, 6.45) is 4.10. The highest BCUT2D eigenvalue weighted by Gasteiger charge is 2.28. The van der Waals surface area contributed by atoms with Crippen LogP contribution in [0, 0.1) is 5.92 Å². The van der Waals surface area contributed by atoms with Gasteiger partial charge in [-0.05, 0) is 49.1 Å². The monoisotopic (exact) mass is 345 g/mol. The topological polar surface area (TPSA) is 12.0 Å². The van der Waals surface area contributed by atoms with Gasteiger partial charge in [0.2, 0.25) is 0 Å². The van der Waals surface area contributed by atoms with Crippen molar-refractivity contribution < 1.29 is 0 Å². The number of halogens is 2. The average Bonchev–Trinajstić information content (AvgIpc) is 2.18. The van der Waals surface area contributed by atoms with Gasteiger partial charge < -0.3 is 5.32 Å². The second-order valence-corrected chi connectivity index (χ2v) is 6.16. The molecule has 3 heteroatoms. The van der Waals surface area contributed by atoms with Crippen molar-refractivity contribution in [3.05, 3.63) is 32.7 Å². The molecule has 0 amide bonds. The maximum Gasteiger partial charge on any atom is 0.0360 e. The molecule has 88 valence electrons. The van der Waals surface area contributed by atoms with Crippen molar-refractivity contribution in [3.63, 3.8) is 0 Å². The molecule has 1 unspecified atom stereocenters. The van der Waals surface area contributed by atoms with Crippen molar-refractivity contribution in [2.75, 3.05) is 6.54 Å². The number of hydrogen-bond acceptors (Lipinski definition) is 1. The SMILES string of the molecule is CCNC(c1cc(Br)ccc1Br)C1CCC1. The van der Waals surface area contributed by atoms with Crippen LogP contribution in [0.5, 0.6) is 0 Å². The van der Waals surface area contributed by atoms with E-state index in [9.17, 15) is 0 Å². The molecular formula is C13H17Br2N. The van der Waals surface area contributed by atoms with Crippen LogP contribution in [0.2, 0.25) is 0 Å². The first-order valence-corrected chi connectivity index (χ1v) is 7.49. The molecule has 1 nitrogen and oxygen atoms in total. The predicted octanol–water partition coefficient (Wildman–Crippen LogP) is 4.66. The fourth-order valence-electron chi connectivity index (χ4n) is 2.28. The van der Waals surface area contributed by atoms with Crippen LogP contribution in [0.4, 0.5) is 0 Å². The van der Waals surface area contributed by atoms with Gasteiger partial charge in [-0.2, -0.15) is 0 Å². The largest absolute Gasteiger partial charge is 0.310 e. The van der Waals surface area contributed by atoms with Gasteiger partial charge in [-0.3, -0.25) is 0 Å². The van der Waals surface area contributed by atoms with E-state index in [4.69, 9.17) is 0 Å². The summed E-state index contributed by atoms with van der Waals surface area (Å²) in [6.45, 7) is 3.21. The summed E-state index contributed by atoms with van der Waals surface area (Å²) in [5.41, 5.74) is 1.39. The summed E-state index contributed by atoms with van der Waals surface area (Å²) in [6, 6.07) is 6.95. The summed E-state index contributed by atoms with van der Waals surface area (Å²) >= 11 is 7.22. The Morgan fingerprint density at radius 2 is 2.12 bits per heavy atom. The van der Waals surface area contributed by atoms with E-state index in [0.29, 0.717) is 6.04 Å². The smallest absolute Gasteiger partial charge is 0.0360 e. The zero-order valence-electron chi connectivity index (χ0n) is 9.47. The molecule has 16 heavy (non-hydrogen) atoms. The minimum absolute atomic E-state index is 0.505. The van der Waals surface area contributed by atoms with Gasteiger partial charge in [-0.1, -0.05) is 45.2 Å². The fourth-order valence-corrected chi connectivity index (χ4v) is 3.15. The second kappa shape index (κ2) is 5.65. The van der Waals surface area contributed by atoms with E-state index in [1.165, 1.54) is 29.3 Å². The normalized spacial score (nSPS) is 18.2. The molecule has 0 aliphatic heterocycles. The van der Waals surface area contributed by atoms with Crippen molar-refractivity contribution in [1.82, 2.24) is 5.32 Å². The predicted molar refractivity (Wildman–Crippen MR) is 75.6 cm³/mol. The molecule has 0 saturated heterocycles. The lowest BCUT2D eigenvalue weighted by Crippen LogP contribution is -2.32. The molecule has 1 aromatic rings. The zero-order valence-corrected chi connectivity index (χ0v) is 12.6. The van der Waals surface area contributed by atoms with Crippen molar-refractivity contribution in [2.24, 2.45) is 5.92 Å². The van der Waals surface area contributed by atoms with Crippen molar-refractivity contribution >= 4 is 31.9 Å². The van der Waals surface area contributed by atoms with Gasteiger partial charge in [0.05, 0.1) is 0 Å². The van der Waals surface area contributed by atoms with Crippen LogP contribution in [0.1, 0.15) is 37.8 Å². The Balaban J connectivity index is 2.25. The summed E-state index contributed by atoms with van der Waals surface area (Å²) in [5, 5.41) is 3.62. The molecule has 0 radical (unpaired) electrons. The second-order valence-electron chi connectivity index (χ2n) is 4.39. The van der Waals surface area contributed by atoms with E-state index in [1.807, 2.05) is 0 Å². The lowest BCUT2D eigenvalue weighted by Gasteiger charge is -2.35. The molecule has 0 spiro atoms. The first kappa shape index (κ1) is 12.6. The summed E-state index contributed by atoms with van der Waals surface area (Å²) in [7, 11) is 0. The molecule has 1 fully saturated rings. The summed E-state index contributed by atoms with van der Waals surface area (Å²) in [5.74, 6) is 0.811. The molecule has 1 N–H and O–H groups in total. The molecule has 0 heterocycles. The van der Waals surface area contributed by atoms with Gasteiger partial charge >= 0.3 is 0 Å². The third-order valence-electron chi connectivity index (χ3n) is 3.34. The van der Waals surface area contributed by atoms with Gasteiger partial charge in [0.25, 0.3) is 0 Å². The molecule has 1 aliphatic rings. The number of benzene rings is 1. The third kappa shape index (κ3) is 2.69. The lowest BCUT2D eigenvalue weighted by atomic mass is 9.77. The highest BCUT2D eigenvalue weighted by Crippen LogP contribution is 2.40. The molecule has 0 aromatic heterocycles. The minimum Gasteiger partial charge on any atom is -0.310 e.